The lowest BCUT2D eigenvalue weighted by molar-refractivity contribution is -0.150. The summed E-state index contributed by atoms with van der Waals surface area (Å²) in [5.41, 5.74) is 1.74. The number of Topliss-reactive ketones (excluding diaryl/α,β-unsaturated/α-hetero) is 1. The lowest BCUT2D eigenvalue weighted by atomic mass is 9.99. The van der Waals surface area contributed by atoms with Crippen LogP contribution in [0.3, 0.4) is 0 Å². The molecule has 2 rings (SSSR count). The highest BCUT2D eigenvalue weighted by atomic mass is 16.7. The normalized spacial score (nSPS) is 19.8. The molecule has 0 heterocycles. The average molecular weight is 232 g/mol. The third-order valence-corrected chi connectivity index (χ3v) is 3.06. The fourth-order valence-electron chi connectivity index (χ4n) is 2.19. The largest absolute Gasteiger partial charge is 0.355 e. The summed E-state index contributed by atoms with van der Waals surface area (Å²) in [7, 11) is 3.11. The predicted molar refractivity (Wildman–Crippen MR) is 65.3 cm³/mol. The molecule has 17 heavy (non-hydrogen) atoms. The molecule has 0 saturated heterocycles. The van der Waals surface area contributed by atoms with Crippen LogP contribution >= 0.6 is 0 Å². The Morgan fingerprint density at radius 1 is 1.18 bits per heavy atom. The number of carbonyl (C=O) groups excluding carboxylic acids is 1. The molecule has 0 aromatic heterocycles. The molecule has 0 bridgehead atoms. The van der Waals surface area contributed by atoms with Crippen molar-refractivity contribution in [2.45, 2.75) is 12.7 Å². The number of methoxy groups -OCH3 is 2. The van der Waals surface area contributed by atoms with E-state index in [1.807, 2.05) is 36.4 Å². The summed E-state index contributed by atoms with van der Waals surface area (Å²) in [4.78, 5) is 12.2. The molecule has 1 aliphatic rings. The zero-order chi connectivity index (χ0) is 12.3. The van der Waals surface area contributed by atoms with Crippen molar-refractivity contribution in [1.29, 1.82) is 0 Å². The van der Waals surface area contributed by atoms with Gasteiger partial charge in [0.1, 0.15) is 0 Å². The Bertz CT molecular complexity index is 418. The summed E-state index contributed by atoms with van der Waals surface area (Å²) in [6.07, 6.45) is 2.18. The minimum absolute atomic E-state index is 0.102. The van der Waals surface area contributed by atoms with E-state index in [0.717, 1.165) is 11.1 Å². The van der Waals surface area contributed by atoms with Gasteiger partial charge in [0.05, 0.1) is 5.92 Å². The van der Waals surface area contributed by atoms with Gasteiger partial charge < -0.3 is 9.47 Å². The van der Waals surface area contributed by atoms with Crippen molar-refractivity contribution in [3.63, 3.8) is 0 Å². The first kappa shape index (κ1) is 12.0. The summed E-state index contributed by atoms with van der Waals surface area (Å²) in [5.74, 6) is -0.120. The van der Waals surface area contributed by atoms with E-state index in [2.05, 4.69) is 0 Å². The summed E-state index contributed by atoms with van der Waals surface area (Å²) >= 11 is 0. The van der Waals surface area contributed by atoms with E-state index in [0.29, 0.717) is 6.42 Å². The Kier molecular flexibility index (Phi) is 3.71. The van der Waals surface area contributed by atoms with Gasteiger partial charge in [-0.05, 0) is 12.0 Å². The molecule has 0 saturated carbocycles. The van der Waals surface area contributed by atoms with Crippen LogP contribution in [0.1, 0.15) is 12.0 Å². The van der Waals surface area contributed by atoms with Gasteiger partial charge in [-0.2, -0.15) is 0 Å². The first-order valence-electron chi connectivity index (χ1n) is 5.63. The molecule has 1 aliphatic carbocycles. The molecule has 90 valence electrons. The van der Waals surface area contributed by atoms with Crippen molar-refractivity contribution in [1.82, 2.24) is 0 Å². The Hall–Kier alpha value is -1.45. The Labute approximate surface area is 101 Å². The summed E-state index contributed by atoms with van der Waals surface area (Å²) in [5, 5.41) is 0. The van der Waals surface area contributed by atoms with Gasteiger partial charge in [0.2, 0.25) is 0 Å². The molecule has 0 aliphatic heterocycles. The predicted octanol–water partition coefficient (Wildman–Crippen LogP) is 2.28. The molecule has 3 heteroatoms. The zero-order valence-corrected chi connectivity index (χ0v) is 10.1. The van der Waals surface area contributed by atoms with Gasteiger partial charge in [0, 0.05) is 19.8 Å². The average Bonchev–Trinajstić information content (AvgIpc) is 2.75. The van der Waals surface area contributed by atoms with Crippen LogP contribution in [0.4, 0.5) is 0 Å². The molecule has 0 N–H and O–H groups in total. The SMILES string of the molecule is COC(OC)[C@H]1CC=C(c2ccccc2)C1=O. The molecule has 1 aromatic carbocycles. The topological polar surface area (TPSA) is 35.5 Å². The maximum Gasteiger partial charge on any atom is 0.171 e. The van der Waals surface area contributed by atoms with Gasteiger partial charge in [-0.1, -0.05) is 36.4 Å². The third-order valence-electron chi connectivity index (χ3n) is 3.06. The monoisotopic (exact) mass is 232 g/mol. The highest BCUT2D eigenvalue weighted by molar-refractivity contribution is 6.23. The minimum Gasteiger partial charge on any atom is -0.355 e. The second kappa shape index (κ2) is 5.25. The quantitative estimate of drug-likeness (QED) is 0.747. The standard InChI is InChI=1S/C14H16O3/c1-16-14(17-2)12-9-8-11(13(12)15)10-6-4-3-5-7-10/h3-8,12,14H,9H2,1-2H3/t12-/m0/s1. The van der Waals surface area contributed by atoms with E-state index in [9.17, 15) is 4.79 Å². The van der Waals surface area contributed by atoms with Crippen molar-refractivity contribution < 1.29 is 14.3 Å². The van der Waals surface area contributed by atoms with Gasteiger partial charge in [-0.15, -0.1) is 0 Å². The van der Waals surface area contributed by atoms with Gasteiger partial charge in [-0.25, -0.2) is 0 Å². The molecule has 0 spiro atoms. The second-order valence-electron chi connectivity index (χ2n) is 4.03. The van der Waals surface area contributed by atoms with E-state index < -0.39 is 6.29 Å². The Morgan fingerprint density at radius 2 is 1.82 bits per heavy atom. The third kappa shape index (κ3) is 2.30. The van der Waals surface area contributed by atoms with Crippen molar-refractivity contribution >= 4 is 11.4 Å². The number of allylic oxidation sites excluding steroid dienone is 2. The maximum atomic E-state index is 12.2. The van der Waals surface area contributed by atoms with Crippen LogP contribution < -0.4 is 0 Å². The number of hydrogen-bond acceptors (Lipinski definition) is 3. The number of hydrogen-bond donors (Lipinski definition) is 0. The first-order valence-corrected chi connectivity index (χ1v) is 5.63. The lowest BCUT2D eigenvalue weighted by Crippen LogP contribution is -2.28. The van der Waals surface area contributed by atoms with E-state index in [4.69, 9.17) is 9.47 Å². The van der Waals surface area contributed by atoms with Crippen LogP contribution in [0.2, 0.25) is 0 Å². The summed E-state index contributed by atoms with van der Waals surface area (Å²) in [6.45, 7) is 0. The smallest absolute Gasteiger partial charge is 0.171 e. The molecule has 0 amide bonds. The number of benzene rings is 1. The molecule has 1 aromatic rings. The van der Waals surface area contributed by atoms with E-state index in [-0.39, 0.29) is 11.7 Å². The van der Waals surface area contributed by atoms with E-state index >= 15 is 0 Å². The van der Waals surface area contributed by atoms with Crippen LogP contribution in [0.15, 0.2) is 36.4 Å². The second-order valence-corrected chi connectivity index (χ2v) is 4.03. The van der Waals surface area contributed by atoms with Crippen LogP contribution in [-0.4, -0.2) is 26.3 Å². The zero-order valence-electron chi connectivity index (χ0n) is 10.1. The summed E-state index contributed by atoms with van der Waals surface area (Å²) in [6, 6.07) is 9.69. The molecule has 3 nitrogen and oxygen atoms in total. The number of ketones is 1. The van der Waals surface area contributed by atoms with Crippen molar-refractivity contribution in [3.8, 4) is 0 Å². The molecule has 1 atom stereocenters. The van der Waals surface area contributed by atoms with Crippen LogP contribution in [0.5, 0.6) is 0 Å². The fraction of sp³-hybridized carbons (Fsp3) is 0.357. The van der Waals surface area contributed by atoms with Gasteiger partial charge >= 0.3 is 0 Å². The van der Waals surface area contributed by atoms with Crippen molar-refractivity contribution in [2.24, 2.45) is 5.92 Å². The van der Waals surface area contributed by atoms with Crippen LogP contribution in [0, 0.1) is 5.92 Å². The highest BCUT2D eigenvalue weighted by Gasteiger charge is 2.34. The van der Waals surface area contributed by atoms with E-state index in [1.54, 1.807) is 14.2 Å². The van der Waals surface area contributed by atoms with E-state index in [1.165, 1.54) is 0 Å². The number of ether oxygens (including phenoxy) is 2. The van der Waals surface area contributed by atoms with Crippen molar-refractivity contribution in [2.75, 3.05) is 14.2 Å². The molecule has 0 radical (unpaired) electrons. The van der Waals surface area contributed by atoms with Crippen LogP contribution in [-0.2, 0) is 14.3 Å². The lowest BCUT2D eigenvalue weighted by Gasteiger charge is -2.19. The number of carbonyl (C=O) groups is 1. The van der Waals surface area contributed by atoms with Gasteiger partial charge in [-0.3, -0.25) is 4.79 Å². The minimum atomic E-state index is -0.458. The van der Waals surface area contributed by atoms with Crippen molar-refractivity contribution in [3.05, 3.63) is 42.0 Å². The Balaban J connectivity index is 2.17. The number of rotatable bonds is 4. The van der Waals surface area contributed by atoms with Gasteiger partial charge in [0.25, 0.3) is 0 Å². The molecule has 0 unspecified atom stereocenters. The fourth-order valence-corrected chi connectivity index (χ4v) is 2.19. The molecular weight excluding hydrogens is 216 g/mol. The maximum absolute atomic E-state index is 12.2. The molecular formula is C14H16O3. The van der Waals surface area contributed by atoms with Gasteiger partial charge in [0.15, 0.2) is 12.1 Å². The highest BCUT2D eigenvalue weighted by Crippen LogP contribution is 2.31. The Morgan fingerprint density at radius 3 is 2.41 bits per heavy atom. The first-order chi connectivity index (χ1) is 8.27. The molecule has 0 fully saturated rings. The van der Waals surface area contributed by atoms with Crippen LogP contribution in [0.25, 0.3) is 5.57 Å². The summed E-state index contributed by atoms with van der Waals surface area (Å²) < 4.78 is 10.3.